The van der Waals surface area contributed by atoms with Crippen LogP contribution in [0.4, 0.5) is 0 Å². The van der Waals surface area contributed by atoms with Crippen LogP contribution in [0.15, 0.2) is 12.5 Å². The first-order valence-electron chi connectivity index (χ1n) is 8.86. The molecule has 0 saturated carbocycles. The molecule has 9 heteroatoms. The quantitative estimate of drug-likeness (QED) is 0.506. The molecule has 3 atom stereocenters. The van der Waals surface area contributed by atoms with E-state index < -0.39 is 35.9 Å². The first-order valence-corrected chi connectivity index (χ1v) is 8.86. The lowest BCUT2D eigenvalue weighted by atomic mass is 10.0. The number of aromatic amines is 1. The largest absolute Gasteiger partial charge is 0.480 e. The van der Waals surface area contributed by atoms with Crippen LogP contribution in [0.5, 0.6) is 0 Å². The molecule has 0 radical (unpaired) electrons. The second kappa shape index (κ2) is 8.79. The fraction of sp³-hybridized carbons (Fsp3) is 0.647. The molecule has 0 spiro atoms. The summed E-state index contributed by atoms with van der Waals surface area (Å²) >= 11 is 0. The zero-order chi connectivity index (χ0) is 19.3. The van der Waals surface area contributed by atoms with Gasteiger partial charge in [0.2, 0.25) is 11.8 Å². The molecule has 1 aromatic heterocycles. The minimum absolute atomic E-state index is 0.196. The van der Waals surface area contributed by atoms with E-state index in [-0.39, 0.29) is 12.3 Å². The Bertz CT molecular complexity index is 631. The second-order valence-corrected chi connectivity index (χ2v) is 7.11. The van der Waals surface area contributed by atoms with Crippen LogP contribution in [0.1, 0.15) is 38.8 Å². The van der Waals surface area contributed by atoms with E-state index in [9.17, 15) is 19.5 Å². The summed E-state index contributed by atoms with van der Waals surface area (Å²) in [7, 11) is 0. The summed E-state index contributed by atoms with van der Waals surface area (Å²) < 4.78 is 0. The lowest BCUT2D eigenvalue weighted by Crippen LogP contribution is -2.55. The van der Waals surface area contributed by atoms with Gasteiger partial charge in [0.1, 0.15) is 12.1 Å². The Morgan fingerprint density at radius 1 is 1.46 bits per heavy atom. The molecule has 1 aliphatic rings. The fourth-order valence-corrected chi connectivity index (χ4v) is 3.20. The van der Waals surface area contributed by atoms with Crippen molar-refractivity contribution in [3.05, 3.63) is 18.2 Å². The van der Waals surface area contributed by atoms with Crippen molar-refractivity contribution in [3.8, 4) is 0 Å². The maximum absolute atomic E-state index is 12.9. The number of hydrogen-bond acceptors (Lipinski definition) is 5. The average Bonchev–Trinajstić information content (AvgIpc) is 3.24. The smallest absolute Gasteiger partial charge is 0.326 e. The van der Waals surface area contributed by atoms with Crippen molar-refractivity contribution in [2.75, 3.05) is 6.54 Å². The molecule has 144 valence electrons. The Balaban J connectivity index is 2.13. The molecule has 0 aliphatic carbocycles. The van der Waals surface area contributed by atoms with E-state index in [0.29, 0.717) is 31.5 Å². The number of H-pyrrole nitrogens is 1. The van der Waals surface area contributed by atoms with Gasteiger partial charge < -0.3 is 26.0 Å². The number of carboxylic acids is 1. The summed E-state index contributed by atoms with van der Waals surface area (Å²) in [4.78, 5) is 44.9. The molecule has 1 fully saturated rings. The SMILES string of the molecule is CC(C)C[C@H](N)C(=O)N[C@@H](Cc1cnc[nH]1)C(=O)N1CCC[C@H]1C(=O)O. The van der Waals surface area contributed by atoms with Crippen LogP contribution < -0.4 is 11.1 Å². The summed E-state index contributed by atoms with van der Waals surface area (Å²) in [5.41, 5.74) is 6.59. The molecule has 0 unspecified atom stereocenters. The number of aromatic nitrogens is 2. The molecular weight excluding hydrogens is 338 g/mol. The van der Waals surface area contributed by atoms with Gasteiger partial charge in [-0.3, -0.25) is 9.59 Å². The van der Waals surface area contributed by atoms with Gasteiger partial charge in [0.05, 0.1) is 12.4 Å². The highest BCUT2D eigenvalue weighted by molar-refractivity contribution is 5.92. The highest BCUT2D eigenvalue weighted by Gasteiger charge is 2.38. The Labute approximate surface area is 152 Å². The highest BCUT2D eigenvalue weighted by atomic mass is 16.4. The van der Waals surface area contributed by atoms with Crippen molar-refractivity contribution in [1.82, 2.24) is 20.2 Å². The van der Waals surface area contributed by atoms with E-state index in [2.05, 4.69) is 15.3 Å². The van der Waals surface area contributed by atoms with E-state index in [1.54, 1.807) is 6.20 Å². The van der Waals surface area contributed by atoms with Crippen LogP contribution in [0, 0.1) is 5.92 Å². The van der Waals surface area contributed by atoms with Gasteiger partial charge >= 0.3 is 5.97 Å². The van der Waals surface area contributed by atoms with Crippen molar-refractivity contribution in [3.63, 3.8) is 0 Å². The van der Waals surface area contributed by atoms with Gasteiger partial charge in [0.15, 0.2) is 0 Å². The third-order valence-corrected chi connectivity index (χ3v) is 4.48. The summed E-state index contributed by atoms with van der Waals surface area (Å²) in [5.74, 6) is -1.61. The maximum atomic E-state index is 12.9. The molecule has 1 aliphatic heterocycles. The predicted molar refractivity (Wildman–Crippen MR) is 94.0 cm³/mol. The number of likely N-dealkylation sites (tertiary alicyclic amines) is 1. The summed E-state index contributed by atoms with van der Waals surface area (Å²) in [6.45, 7) is 4.29. The number of carboxylic acid groups (broad SMARTS) is 1. The number of nitrogens with zero attached hydrogens (tertiary/aromatic N) is 2. The van der Waals surface area contributed by atoms with Crippen LogP contribution >= 0.6 is 0 Å². The number of hydrogen-bond donors (Lipinski definition) is 4. The minimum atomic E-state index is -1.03. The molecular formula is C17H27N5O4. The monoisotopic (exact) mass is 365 g/mol. The number of amides is 2. The number of rotatable bonds is 8. The first kappa shape index (κ1) is 19.9. The minimum Gasteiger partial charge on any atom is -0.480 e. The lowest BCUT2D eigenvalue weighted by Gasteiger charge is -2.28. The second-order valence-electron chi connectivity index (χ2n) is 7.11. The summed E-state index contributed by atoms with van der Waals surface area (Å²) in [6, 6.07) is -2.46. The van der Waals surface area contributed by atoms with Gasteiger partial charge in [-0.2, -0.15) is 0 Å². The van der Waals surface area contributed by atoms with Crippen LogP contribution in [0.2, 0.25) is 0 Å². The summed E-state index contributed by atoms with van der Waals surface area (Å²) in [6.07, 6.45) is 4.79. The van der Waals surface area contributed by atoms with Crippen molar-refractivity contribution in [2.24, 2.45) is 11.7 Å². The van der Waals surface area contributed by atoms with E-state index in [4.69, 9.17) is 5.73 Å². The normalized spacial score (nSPS) is 19.4. The number of imidazole rings is 1. The van der Waals surface area contributed by atoms with E-state index >= 15 is 0 Å². The van der Waals surface area contributed by atoms with E-state index in [0.717, 1.165) is 0 Å². The van der Waals surface area contributed by atoms with Crippen LogP contribution in [0.3, 0.4) is 0 Å². The molecule has 1 aromatic rings. The Morgan fingerprint density at radius 2 is 2.19 bits per heavy atom. The molecule has 2 rings (SSSR count). The fourth-order valence-electron chi connectivity index (χ4n) is 3.20. The topological polar surface area (TPSA) is 141 Å². The molecule has 2 amide bonds. The molecule has 0 aromatic carbocycles. The number of carbonyl (C=O) groups is 3. The first-order chi connectivity index (χ1) is 12.3. The van der Waals surface area contributed by atoms with Crippen LogP contribution in [0.25, 0.3) is 0 Å². The average molecular weight is 365 g/mol. The van der Waals surface area contributed by atoms with Crippen molar-refractivity contribution in [2.45, 2.75) is 57.7 Å². The van der Waals surface area contributed by atoms with Gasteiger partial charge in [-0.25, -0.2) is 9.78 Å². The lowest BCUT2D eigenvalue weighted by molar-refractivity contribution is -0.149. The zero-order valence-corrected chi connectivity index (χ0v) is 15.1. The Hall–Kier alpha value is -2.42. The van der Waals surface area contributed by atoms with Gasteiger partial charge in [0.25, 0.3) is 0 Å². The number of nitrogens with one attached hydrogen (secondary N) is 2. The van der Waals surface area contributed by atoms with Crippen LogP contribution in [-0.2, 0) is 20.8 Å². The summed E-state index contributed by atoms with van der Waals surface area (Å²) in [5, 5.41) is 12.0. The van der Waals surface area contributed by atoms with Gasteiger partial charge in [-0.1, -0.05) is 13.8 Å². The molecule has 1 saturated heterocycles. The van der Waals surface area contributed by atoms with Crippen LogP contribution in [-0.4, -0.2) is 62.4 Å². The third-order valence-electron chi connectivity index (χ3n) is 4.48. The molecule has 26 heavy (non-hydrogen) atoms. The number of carbonyl (C=O) groups excluding carboxylic acids is 2. The number of nitrogens with two attached hydrogens (primary N) is 1. The molecule has 5 N–H and O–H groups in total. The Kier molecular flexibility index (Phi) is 6.73. The third kappa shape index (κ3) is 5.04. The van der Waals surface area contributed by atoms with E-state index in [1.165, 1.54) is 11.2 Å². The number of aliphatic carboxylic acids is 1. The maximum Gasteiger partial charge on any atom is 0.326 e. The molecule has 9 nitrogen and oxygen atoms in total. The van der Waals surface area contributed by atoms with Crippen molar-refractivity contribution < 1.29 is 19.5 Å². The van der Waals surface area contributed by atoms with Crippen molar-refractivity contribution in [1.29, 1.82) is 0 Å². The van der Waals surface area contributed by atoms with Crippen molar-refractivity contribution >= 4 is 17.8 Å². The molecule has 0 bridgehead atoms. The zero-order valence-electron chi connectivity index (χ0n) is 15.1. The highest BCUT2D eigenvalue weighted by Crippen LogP contribution is 2.19. The standard InChI is InChI=1S/C17H27N5O4/c1-10(2)6-12(18)15(23)21-13(7-11-8-19-9-20-11)16(24)22-5-3-4-14(22)17(25)26/h8-10,12-14H,3-7,18H2,1-2H3,(H,19,20)(H,21,23)(H,25,26)/t12-,13-,14-/m0/s1. The predicted octanol–water partition coefficient (Wildman–Crippen LogP) is -0.114. The van der Waals surface area contributed by atoms with Gasteiger partial charge in [-0.05, 0) is 25.2 Å². The van der Waals surface area contributed by atoms with Gasteiger partial charge in [-0.15, -0.1) is 0 Å². The van der Waals surface area contributed by atoms with Gasteiger partial charge in [0, 0.05) is 24.9 Å². The molecule has 2 heterocycles. The van der Waals surface area contributed by atoms with E-state index in [1.807, 2.05) is 13.8 Å². The Morgan fingerprint density at radius 3 is 2.77 bits per heavy atom.